The third-order valence-electron chi connectivity index (χ3n) is 15.7. The van der Waals surface area contributed by atoms with Crippen molar-refractivity contribution in [2.24, 2.45) is 5.92 Å². The number of hydrogen-bond acceptors (Lipinski definition) is 20. The molecule has 31 heteroatoms. The van der Waals surface area contributed by atoms with E-state index in [1.54, 1.807) is 38.1 Å². The van der Waals surface area contributed by atoms with E-state index in [0.717, 1.165) is 49.8 Å². The average molecular weight is 1290 g/mol. The Morgan fingerprint density at radius 3 is 2.13 bits per heavy atom. The molecule has 1 aromatic carbocycles. The van der Waals surface area contributed by atoms with Gasteiger partial charge in [0.25, 0.3) is 11.8 Å². The number of ether oxygens (including phenoxy) is 5. The largest absolute Gasteiger partial charge is 0.495 e. The molecular formula is C58H77ClN10O19S. The Bertz CT molecular complexity index is 3020. The minimum absolute atomic E-state index is 0.00959. The lowest BCUT2D eigenvalue weighted by molar-refractivity contribution is -0.162. The number of thioether (sulfide) groups is 1. The number of halogens is 1. The summed E-state index contributed by atoms with van der Waals surface area (Å²) in [6.07, 6.45) is 1.75. The average Bonchev–Trinajstić information content (AvgIpc) is 1.59. The maximum absolute atomic E-state index is 14.4. The Balaban J connectivity index is 0.933. The molecule has 9 unspecified atom stereocenters. The van der Waals surface area contributed by atoms with Crippen LogP contribution in [0.1, 0.15) is 78.2 Å². The second-order valence-electron chi connectivity index (χ2n) is 22.1. The first-order valence-electron chi connectivity index (χ1n) is 28.8. The summed E-state index contributed by atoms with van der Waals surface area (Å²) >= 11 is 7.89. The molecule has 5 aliphatic rings. The van der Waals surface area contributed by atoms with Crippen molar-refractivity contribution in [2.75, 3.05) is 84.8 Å². The summed E-state index contributed by atoms with van der Waals surface area (Å²) in [6.45, 7) is 5.09. The van der Waals surface area contributed by atoms with E-state index in [4.69, 9.17) is 35.3 Å². The van der Waals surface area contributed by atoms with Crippen LogP contribution in [-0.2, 0) is 82.9 Å². The molecular weight excluding hydrogens is 1210 g/mol. The summed E-state index contributed by atoms with van der Waals surface area (Å²) in [6, 6.07) is 2.28. The second-order valence-corrected chi connectivity index (χ2v) is 23.8. The molecule has 3 saturated heterocycles. The number of likely N-dealkylation sites (tertiary alicyclic amines) is 1. The molecule has 89 heavy (non-hydrogen) atoms. The van der Waals surface area contributed by atoms with E-state index >= 15 is 0 Å². The predicted octanol–water partition coefficient (Wildman–Crippen LogP) is -0.558. The first-order valence-corrected chi connectivity index (χ1v) is 30.2. The monoisotopic (exact) mass is 1280 g/mol. The number of methoxy groups -OCH3 is 2. The molecule has 29 nitrogen and oxygen atoms in total. The minimum atomic E-state index is -1.91. The van der Waals surface area contributed by atoms with Crippen LogP contribution in [0.4, 0.5) is 10.5 Å². The maximum Gasteiger partial charge on any atom is 0.409 e. The van der Waals surface area contributed by atoms with Crippen molar-refractivity contribution in [3.63, 3.8) is 0 Å². The van der Waals surface area contributed by atoms with Crippen molar-refractivity contribution < 1.29 is 91.1 Å². The fourth-order valence-electron chi connectivity index (χ4n) is 10.3. The Morgan fingerprint density at radius 2 is 1.48 bits per heavy atom. The highest BCUT2D eigenvalue weighted by atomic mass is 35.5. The van der Waals surface area contributed by atoms with Crippen LogP contribution < -0.4 is 41.5 Å². The molecule has 0 radical (unpaired) electrons. The van der Waals surface area contributed by atoms with Crippen LogP contribution >= 0.6 is 23.4 Å². The highest BCUT2D eigenvalue weighted by Crippen LogP contribution is 2.49. The molecule has 0 saturated carbocycles. The van der Waals surface area contributed by atoms with Gasteiger partial charge >= 0.3 is 12.1 Å². The van der Waals surface area contributed by atoms with Crippen LogP contribution in [0.2, 0.25) is 5.02 Å². The lowest BCUT2D eigenvalue weighted by Gasteiger charge is -2.42. The number of alkyl carbamates (subject to hydrolysis) is 1. The molecule has 4 bridgehead atoms. The first kappa shape index (κ1) is 70.2. The summed E-state index contributed by atoms with van der Waals surface area (Å²) in [5.74, 6) is -7.19. The van der Waals surface area contributed by atoms with Gasteiger partial charge in [-0.15, -0.1) is 11.8 Å². The van der Waals surface area contributed by atoms with Crippen LogP contribution in [0.3, 0.4) is 0 Å². The van der Waals surface area contributed by atoms with Gasteiger partial charge in [-0.05, 0) is 51.3 Å². The summed E-state index contributed by atoms with van der Waals surface area (Å²) < 4.78 is 29.4. The number of allylic oxidation sites excluding steroid dienone is 3. The molecule has 9 atom stereocenters. The van der Waals surface area contributed by atoms with Crippen LogP contribution in [0.15, 0.2) is 48.1 Å². The standard InChI is InChI=1S/C58H77ClN10O19S/c1-32-11-9-12-40(85-8)58(83)28-38(86-56(82)65-58)33(2)53-57(4,88-53)41(27-50(78)67(6)36-24-35(23-32)25-37(84-7)52(36)59)87-55(81)34(3)66(5)47(75)17-22-89-39-26-51(79)69(54(39)80)20-10-13-42(70)62-30-45(73)64-31-46(74)63-29-44(72)60-18-16-43(71)61-19-21-68-48(76)14-15-49(68)77/h9,11-12,14-15,24-25,33-34,38-41,53,83H,10,13,16-23,26-31H2,1-8H3,(H,60,72)(H,61,71)(H,62,70)(H,63,74)(H,64,73)(H,65,82)/b12-9+,32-11+. The smallest absolute Gasteiger partial charge is 0.409 e. The molecule has 486 valence electrons. The molecule has 12 amide bonds. The van der Waals surface area contributed by atoms with E-state index in [1.807, 2.05) is 13.0 Å². The van der Waals surface area contributed by atoms with E-state index in [1.165, 1.54) is 40.1 Å². The number of hydrogen-bond donors (Lipinski definition) is 7. The predicted molar refractivity (Wildman–Crippen MR) is 318 cm³/mol. The number of carbonyl (C=O) groups excluding carboxylic acids is 13. The van der Waals surface area contributed by atoms with E-state index in [0.29, 0.717) is 17.9 Å². The Kier molecular flexibility index (Phi) is 24.8. The highest BCUT2D eigenvalue weighted by molar-refractivity contribution is 8.00. The summed E-state index contributed by atoms with van der Waals surface area (Å²) in [4.78, 5) is 170. The fourth-order valence-corrected chi connectivity index (χ4v) is 11.7. The number of nitrogens with zero attached hydrogens (tertiary/aromatic N) is 4. The molecule has 7 N–H and O–H groups in total. The van der Waals surface area contributed by atoms with Crippen molar-refractivity contribution in [3.05, 3.63) is 58.7 Å². The van der Waals surface area contributed by atoms with E-state index in [-0.39, 0.29) is 75.5 Å². The number of rotatable bonds is 25. The van der Waals surface area contributed by atoms with E-state index < -0.39 is 156 Å². The zero-order valence-electron chi connectivity index (χ0n) is 50.8. The number of benzene rings is 1. The number of aliphatic hydroxyl groups is 1. The van der Waals surface area contributed by atoms with Gasteiger partial charge in [0.15, 0.2) is 5.72 Å². The molecule has 0 aromatic heterocycles. The van der Waals surface area contributed by atoms with Gasteiger partial charge in [-0.1, -0.05) is 42.3 Å². The number of anilines is 1. The van der Waals surface area contributed by atoms with Crippen molar-refractivity contribution in [1.29, 1.82) is 0 Å². The van der Waals surface area contributed by atoms with Crippen molar-refractivity contribution in [1.82, 2.24) is 46.6 Å². The van der Waals surface area contributed by atoms with Crippen LogP contribution in [0.5, 0.6) is 5.75 Å². The first-order chi connectivity index (χ1) is 42.1. The minimum Gasteiger partial charge on any atom is -0.495 e. The summed E-state index contributed by atoms with van der Waals surface area (Å²) in [5, 5.41) is 25.6. The van der Waals surface area contributed by atoms with Gasteiger partial charge in [0, 0.05) is 103 Å². The maximum atomic E-state index is 14.4. The molecule has 5 heterocycles. The molecule has 3 fully saturated rings. The number of epoxide rings is 1. The molecule has 0 spiro atoms. The Labute approximate surface area is 523 Å². The second kappa shape index (κ2) is 31.5. The third-order valence-corrected chi connectivity index (χ3v) is 17.3. The van der Waals surface area contributed by atoms with E-state index in [9.17, 15) is 67.4 Å². The summed E-state index contributed by atoms with van der Waals surface area (Å²) in [5.41, 5.74) is -1.35. The normalized spacial score (nSPS) is 25.6. The number of amides is 12. The van der Waals surface area contributed by atoms with E-state index in [2.05, 4.69) is 31.9 Å². The number of esters is 1. The Morgan fingerprint density at radius 1 is 0.854 bits per heavy atom. The van der Waals surface area contributed by atoms with Gasteiger partial charge in [-0.2, -0.15) is 0 Å². The SMILES string of the molecule is COc1cc2cc(c1Cl)N(C)C(=O)CC(OC(=O)C(C)N(C)C(=O)CCSC1CC(=O)N(CCCC(=O)NCC(=O)NCC(=O)NCC(=O)NCCC(=O)NCCN3C(=O)C=CC3=O)C1=O)C1(C)OC1C(C)C1CC(O)(NC(=O)O1)C(OC)/C=C/C=C(\C)C2. The number of imide groups is 2. The van der Waals surface area contributed by atoms with Gasteiger partial charge in [-0.25, -0.2) is 9.59 Å². The zero-order chi connectivity index (χ0) is 65.5. The molecule has 5 aliphatic heterocycles. The number of nitrogens with one attached hydrogen (secondary N) is 6. The van der Waals surface area contributed by atoms with Gasteiger partial charge in [-0.3, -0.25) is 67.9 Å². The quantitative estimate of drug-likeness (QED) is 0.0367. The van der Waals surface area contributed by atoms with Crippen LogP contribution in [0, 0.1) is 5.92 Å². The third kappa shape index (κ3) is 18.8. The van der Waals surface area contributed by atoms with Crippen molar-refractivity contribution >= 4 is 106 Å². The Hall–Kier alpha value is -7.93. The van der Waals surface area contributed by atoms with Crippen molar-refractivity contribution in [3.8, 4) is 5.75 Å². The highest BCUT2D eigenvalue weighted by Gasteiger charge is 2.64. The lowest BCUT2D eigenvalue weighted by atomic mass is 9.83. The van der Waals surface area contributed by atoms with Gasteiger partial charge in [0.1, 0.15) is 40.7 Å². The fraction of sp³-hybridized carbons (Fsp3) is 0.569. The van der Waals surface area contributed by atoms with Gasteiger partial charge < -0.3 is 65.2 Å². The van der Waals surface area contributed by atoms with Crippen molar-refractivity contribution in [2.45, 2.75) is 126 Å². The summed E-state index contributed by atoms with van der Waals surface area (Å²) in [7, 11) is 5.75. The topological polar surface area (TPSA) is 377 Å². The lowest BCUT2D eigenvalue weighted by Crippen LogP contribution is -2.63. The van der Waals surface area contributed by atoms with Gasteiger partial charge in [0.2, 0.25) is 53.2 Å². The number of carbonyl (C=O) groups is 13. The van der Waals surface area contributed by atoms with Gasteiger partial charge in [0.05, 0.1) is 50.2 Å². The number of likely N-dealkylation sites (N-methyl/N-ethyl adjacent to an activating group) is 1. The molecule has 6 rings (SSSR count). The van der Waals surface area contributed by atoms with Crippen LogP contribution in [-0.4, -0.2) is 224 Å². The van der Waals surface area contributed by atoms with Crippen LogP contribution in [0.25, 0.3) is 0 Å². The molecule has 0 aliphatic carbocycles. The molecule has 1 aromatic rings. The zero-order valence-corrected chi connectivity index (χ0v) is 52.3. The number of fused-ring (bicyclic) bond motifs is 5.